The Labute approximate surface area is 122 Å². The van der Waals surface area contributed by atoms with Crippen LogP contribution >= 0.6 is 0 Å². The van der Waals surface area contributed by atoms with Gasteiger partial charge in [-0.3, -0.25) is 4.79 Å². The first-order valence-corrected chi connectivity index (χ1v) is 7.90. The standard InChI is InChI=1S/C13H16FNO5S/c1-2-15(11-8-20-7-9(11)13(16)17)21(18,19)12-6-4-3-5-10(12)14/h3-6,9,11H,2,7-8H2,1H3,(H,16,17). The SMILES string of the molecule is CCN(C1COCC1C(=O)O)S(=O)(=O)c1ccccc1F. The van der Waals surface area contributed by atoms with E-state index in [4.69, 9.17) is 9.84 Å². The Morgan fingerprint density at radius 2 is 2.10 bits per heavy atom. The molecule has 2 atom stereocenters. The first-order valence-electron chi connectivity index (χ1n) is 6.46. The molecule has 21 heavy (non-hydrogen) atoms. The van der Waals surface area contributed by atoms with Crippen LogP contribution in [0.5, 0.6) is 0 Å². The van der Waals surface area contributed by atoms with Crippen LogP contribution in [0.25, 0.3) is 0 Å². The molecule has 1 saturated heterocycles. The van der Waals surface area contributed by atoms with E-state index < -0.39 is 38.7 Å². The molecule has 1 aromatic rings. The summed E-state index contributed by atoms with van der Waals surface area (Å²) in [5.41, 5.74) is 0. The topological polar surface area (TPSA) is 83.9 Å². The molecule has 6 nitrogen and oxygen atoms in total. The van der Waals surface area contributed by atoms with E-state index in [-0.39, 0.29) is 19.8 Å². The first kappa shape index (κ1) is 15.9. The highest BCUT2D eigenvalue weighted by molar-refractivity contribution is 7.89. The lowest BCUT2D eigenvalue weighted by Crippen LogP contribution is -2.46. The molecule has 2 rings (SSSR count). The van der Waals surface area contributed by atoms with Gasteiger partial charge in [0, 0.05) is 6.54 Å². The molecule has 0 spiro atoms. The number of carboxylic acids is 1. The number of hydrogen-bond acceptors (Lipinski definition) is 4. The number of hydrogen-bond donors (Lipinski definition) is 1. The molecule has 1 heterocycles. The molecule has 0 amide bonds. The van der Waals surface area contributed by atoms with Crippen molar-refractivity contribution in [3.8, 4) is 0 Å². The minimum atomic E-state index is -4.12. The van der Waals surface area contributed by atoms with Crippen molar-refractivity contribution in [2.24, 2.45) is 5.92 Å². The number of carboxylic acid groups (broad SMARTS) is 1. The molecule has 0 saturated carbocycles. The van der Waals surface area contributed by atoms with Crippen LogP contribution in [0.2, 0.25) is 0 Å². The summed E-state index contributed by atoms with van der Waals surface area (Å²) in [6, 6.07) is 4.20. The van der Waals surface area contributed by atoms with Gasteiger partial charge in [0.1, 0.15) is 10.7 Å². The molecule has 1 aromatic carbocycles. The van der Waals surface area contributed by atoms with E-state index in [9.17, 15) is 17.6 Å². The van der Waals surface area contributed by atoms with E-state index in [1.807, 2.05) is 0 Å². The minimum absolute atomic E-state index is 0.0154. The zero-order chi connectivity index (χ0) is 15.6. The van der Waals surface area contributed by atoms with Gasteiger partial charge in [0.05, 0.1) is 25.2 Å². The molecular formula is C13H16FNO5S. The van der Waals surface area contributed by atoms with Gasteiger partial charge >= 0.3 is 5.97 Å². The van der Waals surface area contributed by atoms with Crippen molar-refractivity contribution in [3.05, 3.63) is 30.1 Å². The van der Waals surface area contributed by atoms with E-state index in [0.717, 1.165) is 10.4 Å². The van der Waals surface area contributed by atoms with Crippen LogP contribution in [-0.4, -0.2) is 49.6 Å². The Morgan fingerprint density at radius 3 is 2.67 bits per heavy atom. The van der Waals surface area contributed by atoms with Gasteiger partial charge < -0.3 is 9.84 Å². The van der Waals surface area contributed by atoms with Crippen LogP contribution in [0.4, 0.5) is 4.39 Å². The van der Waals surface area contributed by atoms with Gasteiger partial charge in [0.2, 0.25) is 10.0 Å². The predicted octanol–water partition coefficient (Wildman–Crippen LogP) is 0.936. The summed E-state index contributed by atoms with van der Waals surface area (Å²) in [5, 5.41) is 9.14. The van der Waals surface area contributed by atoms with Gasteiger partial charge in [-0.15, -0.1) is 0 Å². The fraction of sp³-hybridized carbons (Fsp3) is 0.462. The predicted molar refractivity (Wildman–Crippen MR) is 71.7 cm³/mol. The Bertz CT molecular complexity index is 633. The van der Waals surface area contributed by atoms with Crippen molar-refractivity contribution in [3.63, 3.8) is 0 Å². The van der Waals surface area contributed by atoms with E-state index in [2.05, 4.69) is 0 Å². The number of nitrogens with zero attached hydrogens (tertiary/aromatic N) is 1. The zero-order valence-corrected chi connectivity index (χ0v) is 12.2. The van der Waals surface area contributed by atoms with Crippen LogP contribution in [0.1, 0.15) is 6.92 Å². The van der Waals surface area contributed by atoms with Crippen molar-refractivity contribution >= 4 is 16.0 Å². The van der Waals surface area contributed by atoms with Crippen LogP contribution in [0.3, 0.4) is 0 Å². The van der Waals surface area contributed by atoms with Crippen molar-refractivity contribution in [1.82, 2.24) is 4.31 Å². The summed E-state index contributed by atoms with van der Waals surface area (Å²) in [7, 11) is -4.12. The summed E-state index contributed by atoms with van der Waals surface area (Å²) in [6.07, 6.45) is 0. The Morgan fingerprint density at radius 1 is 1.43 bits per heavy atom. The molecule has 0 aliphatic carbocycles. The van der Waals surface area contributed by atoms with Gasteiger partial charge in [0.25, 0.3) is 0 Å². The maximum absolute atomic E-state index is 13.8. The number of aliphatic carboxylic acids is 1. The van der Waals surface area contributed by atoms with E-state index in [0.29, 0.717) is 0 Å². The molecule has 1 N–H and O–H groups in total. The van der Waals surface area contributed by atoms with E-state index in [1.165, 1.54) is 18.2 Å². The smallest absolute Gasteiger partial charge is 0.310 e. The lowest BCUT2D eigenvalue weighted by Gasteiger charge is -2.28. The normalized spacial score (nSPS) is 22.6. The molecule has 0 bridgehead atoms. The largest absolute Gasteiger partial charge is 0.481 e. The van der Waals surface area contributed by atoms with Crippen molar-refractivity contribution in [2.75, 3.05) is 19.8 Å². The van der Waals surface area contributed by atoms with Crippen molar-refractivity contribution in [2.45, 2.75) is 17.9 Å². The fourth-order valence-corrected chi connectivity index (χ4v) is 4.15. The Kier molecular flexibility index (Phi) is 4.60. The monoisotopic (exact) mass is 317 g/mol. The number of benzene rings is 1. The summed E-state index contributed by atoms with van der Waals surface area (Å²) in [5.74, 6) is -2.94. The highest BCUT2D eigenvalue weighted by Gasteiger charge is 2.43. The van der Waals surface area contributed by atoms with Gasteiger partial charge in [-0.1, -0.05) is 19.1 Å². The third kappa shape index (κ3) is 2.92. The van der Waals surface area contributed by atoms with E-state index in [1.54, 1.807) is 6.92 Å². The summed E-state index contributed by atoms with van der Waals surface area (Å²) < 4.78 is 45.0. The lowest BCUT2D eigenvalue weighted by atomic mass is 10.0. The van der Waals surface area contributed by atoms with Gasteiger partial charge in [-0.2, -0.15) is 4.31 Å². The first-order chi connectivity index (χ1) is 9.89. The molecule has 8 heteroatoms. The zero-order valence-electron chi connectivity index (χ0n) is 11.4. The second kappa shape index (κ2) is 6.08. The summed E-state index contributed by atoms with van der Waals surface area (Å²) in [6.45, 7) is 1.55. The van der Waals surface area contributed by atoms with E-state index >= 15 is 0 Å². The van der Waals surface area contributed by atoms with Gasteiger partial charge in [-0.05, 0) is 12.1 Å². The number of rotatable bonds is 5. The highest BCUT2D eigenvalue weighted by atomic mass is 32.2. The molecule has 1 aliphatic heterocycles. The second-order valence-corrected chi connectivity index (χ2v) is 6.55. The van der Waals surface area contributed by atoms with Crippen LogP contribution in [-0.2, 0) is 19.6 Å². The third-order valence-corrected chi connectivity index (χ3v) is 5.51. The number of carbonyl (C=O) groups is 1. The number of halogens is 1. The molecule has 1 aliphatic rings. The van der Waals surface area contributed by atoms with Gasteiger partial charge in [-0.25, -0.2) is 12.8 Å². The lowest BCUT2D eigenvalue weighted by molar-refractivity contribution is -0.142. The highest BCUT2D eigenvalue weighted by Crippen LogP contribution is 2.27. The Balaban J connectivity index is 2.41. The number of ether oxygens (including phenoxy) is 1. The molecular weight excluding hydrogens is 301 g/mol. The van der Waals surface area contributed by atoms with Crippen LogP contribution < -0.4 is 0 Å². The molecule has 116 valence electrons. The molecule has 1 fully saturated rings. The summed E-state index contributed by atoms with van der Waals surface area (Å²) >= 11 is 0. The van der Waals surface area contributed by atoms with Crippen LogP contribution in [0.15, 0.2) is 29.2 Å². The quantitative estimate of drug-likeness (QED) is 0.873. The summed E-state index contributed by atoms with van der Waals surface area (Å²) in [4.78, 5) is 10.7. The molecule has 0 radical (unpaired) electrons. The number of likely N-dealkylation sites (N-methyl/N-ethyl adjacent to an activating group) is 1. The average Bonchev–Trinajstić information content (AvgIpc) is 2.88. The fourth-order valence-electron chi connectivity index (χ4n) is 2.43. The van der Waals surface area contributed by atoms with Crippen LogP contribution in [0, 0.1) is 11.7 Å². The molecule has 0 aromatic heterocycles. The van der Waals surface area contributed by atoms with Gasteiger partial charge in [0.15, 0.2) is 0 Å². The minimum Gasteiger partial charge on any atom is -0.481 e. The maximum Gasteiger partial charge on any atom is 0.310 e. The second-order valence-electron chi connectivity index (χ2n) is 4.69. The third-order valence-electron chi connectivity index (χ3n) is 3.47. The maximum atomic E-state index is 13.8. The molecule has 2 unspecified atom stereocenters. The van der Waals surface area contributed by atoms with Crippen molar-refractivity contribution in [1.29, 1.82) is 0 Å². The Hall–Kier alpha value is -1.51. The average molecular weight is 317 g/mol. The number of sulfonamides is 1. The van der Waals surface area contributed by atoms with Crippen molar-refractivity contribution < 1.29 is 27.4 Å².